The molecule has 0 radical (unpaired) electrons. The lowest BCUT2D eigenvalue weighted by molar-refractivity contribution is 0.0772. The van der Waals surface area contributed by atoms with Gasteiger partial charge in [-0.05, 0) is 58.7 Å². The van der Waals surface area contributed by atoms with Crippen molar-refractivity contribution in [2.24, 2.45) is 0 Å². The molecule has 0 saturated carbocycles. The average Bonchev–Trinajstić information content (AvgIpc) is 2.54. The van der Waals surface area contributed by atoms with Crippen LogP contribution in [0.4, 0.5) is 0 Å². The highest BCUT2D eigenvalue weighted by Gasteiger charge is 2.15. The first-order chi connectivity index (χ1) is 11.0. The monoisotopic (exact) mass is 377 g/mol. The second-order valence-electron chi connectivity index (χ2n) is 5.24. The van der Waals surface area contributed by atoms with Crippen molar-refractivity contribution in [1.29, 1.82) is 0 Å². The van der Waals surface area contributed by atoms with Crippen LogP contribution < -0.4 is 9.47 Å². The maximum absolute atomic E-state index is 12.5. The number of hydrogen-bond donors (Lipinski definition) is 0. The third-order valence-electron chi connectivity index (χ3n) is 3.44. The summed E-state index contributed by atoms with van der Waals surface area (Å²) >= 11 is 3.41. The first-order valence-corrected chi connectivity index (χ1v) is 8.09. The fraction of sp³-hybridized carbons (Fsp3) is 0.278. The van der Waals surface area contributed by atoms with Gasteiger partial charge in [0.15, 0.2) is 0 Å². The zero-order chi connectivity index (χ0) is 16.8. The molecule has 2 aromatic carbocycles. The zero-order valence-corrected chi connectivity index (χ0v) is 15.1. The number of carbonyl (C=O) groups excluding carboxylic acids is 1. The summed E-state index contributed by atoms with van der Waals surface area (Å²) in [4.78, 5) is 14.1. The molecule has 0 saturated heterocycles. The van der Waals surface area contributed by atoms with Gasteiger partial charge in [-0.1, -0.05) is 12.1 Å². The summed E-state index contributed by atoms with van der Waals surface area (Å²) in [6.45, 7) is 2.95. The second-order valence-corrected chi connectivity index (χ2v) is 6.09. The number of benzene rings is 2. The van der Waals surface area contributed by atoms with E-state index in [4.69, 9.17) is 9.47 Å². The Balaban J connectivity index is 1.95. The Kier molecular flexibility index (Phi) is 6.04. The molecule has 0 aromatic heterocycles. The number of nitrogens with zero attached hydrogens (tertiary/aromatic N) is 1. The van der Waals surface area contributed by atoms with E-state index in [-0.39, 0.29) is 5.91 Å². The molecule has 0 atom stereocenters. The van der Waals surface area contributed by atoms with Crippen molar-refractivity contribution >= 4 is 21.8 Å². The molecular weight excluding hydrogens is 358 g/mol. The number of amides is 1. The molecule has 0 aliphatic carbocycles. The smallest absolute Gasteiger partial charge is 0.254 e. The number of hydrogen-bond acceptors (Lipinski definition) is 3. The predicted octanol–water partition coefficient (Wildman–Crippen LogP) is 3.92. The number of carbonyl (C=O) groups is 1. The van der Waals surface area contributed by atoms with E-state index < -0.39 is 0 Å². The van der Waals surface area contributed by atoms with Crippen molar-refractivity contribution in [2.45, 2.75) is 6.92 Å². The van der Waals surface area contributed by atoms with E-state index in [1.165, 1.54) is 0 Å². The number of likely N-dealkylation sites (N-methyl/N-ethyl adjacent to an activating group) is 1. The first-order valence-electron chi connectivity index (χ1n) is 7.29. The maximum Gasteiger partial charge on any atom is 0.254 e. The quantitative estimate of drug-likeness (QED) is 0.765. The van der Waals surface area contributed by atoms with Crippen LogP contribution in [0.3, 0.4) is 0 Å². The van der Waals surface area contributed by atoms with Crippen molar-refractivity contribution < 1.29 is 14.3 Å². The molecule has 5 heteroatoms. The average molecular weight is 378 g/mol. The van der Waals surface area contributed by atoms with Crippen molar-refractivity contribution in [3.8, 4) is 11.5 Å². The Bertz CT molecular complexity index is 688. The minimum Gasteiger partial charge on any atom is -0.497 e. The summed E-state index contributed by atoms with van der Waals surface area (Å²) in [5.74, 6) is 1.39. The molecule has 0 fully saturated rings. The van der Waals surface area contributed by atoms with Crippen molar-refractivity contribution in [3.05, 3.63) is 58.1 Å². The van der Waals surface area contributed by atoms with Crippen molar-refractivity contribution in [2.75, 3.05) is 27.3 Å². The Hall–Kier alpha value is -2.01. The Morgan fingerprint density at radius 1 is 1.17 bits per heavy atom. The van der Waals surface area contributed by atoms with Crippen molar-refractivity contribution in [1.82, 2.24) is 4.90 Å². The van der Waals surface area contributed by atoms with Gasteiger partial charge in [-0.15, -0.1) is 0 Å². The van der Waals surface area contributed by atoms with Gasteiger partial charge in [-0.25, -0.2) is 0 Å². The fourth-order valence-electron chi connectivity index (χ4n) is 2.11. The van der Waals surface area contributed by atoms with Gasteiger partial charge in [0.25, 0.3) is 5.91 Å². The molecule has 4 nitrogen and oxygen atoms in total. The summed E-state index contributed by atoms with van der Waals surface area (Å²) < 4.78 is 11.6. The highest BCUT2D eigenvalue weighted by atomic mass is 79.9. The normalized spacial score (nSPS) is 10.3. The highest BCUT2D eigenvalue weighted by molar-refractivity contribution is 9.10. The van der Waals surface area contributed by atoms with E-state index in [1.54, 1.807) is 25.1 Å². The van der Waals surface area contributed by atoms with E-state index in [9.17, 15) is 4.79 Å². The largest absolute Gasteiger partial charge is 0.497 e. The van der Waals surface area contributed by atoms with Crippen LogP contribution >= 0.6 is 15.9 Å². The van der Waals surface area contributed by atoms with E-state index >= 15 is 0 Å². The van der Waals surface area contributed by atoms with Gasteiger partial charge in [-0.3, -0.25) is 4.79 Å². The van der Waals surface area contributed by atoms with E-state index in [0.29, 0.717) is 24.5 Å². The van der Waals surface area contributed by atoms with Gasteiger partial charge in [0, 0.05) is 11.5 Å². The lowest BCUT2D eigenvalue weighted by atomic mass is 10.2. The maximum atomic E-state index is 12.5. The third-order valence-corrected chi connectivity index (χ3v) is 4.13. The van der Waals surface area contributed by atoms with E-state index in [2.05, 4.69) is 15.9 Å². The number of aryl methyl sites for hydroxylation is 1. The van der Waals surface area contributed by atoms with Gasteiger partial charge in [-0.2, -0.15) is 0 Å². The highest BCUT2D eigenvalue weighted by Crippen LogP contribution is 2.23. The van der Waals surface area contributed by atoms with E-state index in [0.717, 1.165) is 15.8 Å². The molecule has 0 heterocycles. The minimum atomic E-state index is -0.0800. The molecule has 1 amide bonds. The lowest BCUT2D eigenvalue weighted by Gasteiger charge is -2.18. The van der Waals surface area contributed by atoms with Crippen LogP contribution in [0.25, 0.3) is 0 Å². The molecule has 0 N–H and O–H groups in total. The van der Waals surface area contributed by atoms with Gasteiger partial charge in [0.1, 0.15) is 18.1 Å². The summed E-state index contributed by atoms with van der Waals surface area (Å²) in [7, 11) is 3.34. The Morgan fingerprint density at radius 3 is 2.65 bits per heavy atom. The molecule has 2 aromatic rings. The fourth-order valence-corrected chi connectivity index (χ4v) is 2.52. The summed E-state index contributed by atoms with van der Waals surface area (Å²) in [5, 5.41) is 0. The standard InChI is InChI=1S/C18H20BrNO3/c1-13-5-4-6-15(11-13)23-10-9-20(2)18(21)16-12-14(22-3)7-8-17(16)19/h4-8,11-12H,9-10H2,1-3H3. The number of methoxy groups -OCH3 is 1. The van der Waals surface area contributed by atoms with Crippen LogP contribution in [0.5, 0.6) is 11.5 Å². The van der Waals surface area contributed by atoms with Crippen LogP contribution in [-0.4, -0.2) is 38.1 Å². The van der Waals surface area contributed by atoms with Crippen molar-refractivity contribution in [3.63, 3.8) is 0 Å². The minimum absolute atomic E-state index is 0.0800. The molecule has 0 bridgehead atoms. The van der Waals surface area contributed by atoms with Crippen LogP contribution in [-0.2, 0) is 0 Å². The molecule has 0 aliphatic rings. The van der Waals surface area contributed by atoms with Gasteiger partial charge >= 0.3 is 0 Å². The Labute approximate surface area is 145 Å². The van der Waals surface area contributed by atoms with E-state index in [1.807, 2.05) is 43.3 Å². The number of halogens is 1. The molecule has 0 unspecified atom stereocenters. The van der Waals surface area contributed by atoms with Crippen LogP contribution in [0, 0.1) is 6.92 Å². The molecule has 0 aliphatic heterocycles. The SMILES string of the molecule is COc1ccc(Br)c(C(=O)N(C)CCOc2cccc(C)c2)c1. The third kappa shape index (κ3) is 4.73. The second kappa shape index (κ2) is 8.02. The van der Waals surface area contributed by atoms with Crippen LogP contribution in [0.1, 0.15) is 15.9 Å². The first kappa shape index (κ1) is 17.3. The number of rotatable bonds is 6. The lowest BCUT2D eigenvalue weighted by Crippen LogP contribution is -2.31. The molecular formula is C18H20BrNO3. The Morgan fingerprint density at radius 2 is 1.96 bits per heavy atom. The number of ether oxygens (including phenoxy) is 2. The van der Waals surface area contributed by atoms with Crippen LogP contribution in [0.2, 0.25) is 0 Å². The van der Waals surface area contributed by atoms with Crippen LogP contribution in [0.15, 0.2) is 46.9 Å². The zero-order valence-electron chi connectivity index (χ0n) is 13.5. The summed E-state index contributed by atoms with van der Waals surface area (Å²) in [6.07, 6.45) is 0. The molecule has 2 rings (SSSR count). The van der Waals surface area contributed by atoms with Gasteiger partial charge in [0.05, 0.1) is 19.2 Å². The van der Waals surface area contributed by atoms with Gasteiger partial charge < -0.3 is 14.4 Å². The molecule has 0 spiro atoms. The summed E-state index contributed by atoms with van der Waals surface area (Å²) in [6, 6.07) is 13.2. The molecule has 23 heavy (non-hydrogen) atoms. The van der Waals surface area contributed by atoms with Gasteiger partial charge in [0.2, 0.25) is 0 Å². The molecule has 122 valence electrons. The predicted molar refractivity (Wildman–Crippen MR) is 94.3 cm³/mol. The topological polar surface area (TPSA) is 38.8 Å². The summed E-state index contributed by atoms with van der Waals surface area (Å²) in [5.41, 5.74) is 1.72.